The van der Waals surface area contributed by atoms with Gasteiger partial charge in [0.25, 0.3) is 0 Å². The Labute approximate surface area is 107 Å². The monoisotopic (exact) mass is 260 g/mol. The topological polar surface area (TPSA) is 107 Å². The van der Waals surface area contributed by atoms with Gasteiger partial charge in [-0.3, -0.25) is 20.2 Å². The summed E-state index contributed by atoms with van der Waals surface area (Å²) in [4.78, 5) is 20.1. The van der Waals surface area contributed by atoms with Gasteiger partial charge in [-0.1, -0.05) is 30.3 Å². The van der Waals surface area contributed by atoms with Crippen molar-refractivity contribution in [2.75, 3.05) is 0 Å². The Kier molecular flexibility index (Phi) is 3.11. The van der Waals surface area contributed by atoms with Crippen LogP contribution >= 0.6 is 0 Å². The van der Waals surface area contributed by atoms with E-state index in [1.807, 2.05) is 0 Å². The Morgan fingerprint density at radius 3 is 1.95 bits per heavy atom. The second kappa shape index (κ2) is 4.73. The summed E-state index contributed by atoms with van der Waals surface area (Å²) in [6.45, 7) is 0. The maximum atomic E-state index is 11.1. The first kappa shape index (κ1) is 12.5. The Bertz CT molecular complexity index is 655. The van der Waals surface area contributed by atoms with Gasteiger partial charge in [0, 0.05) is 0 Å². The van der Waals surface area contributed by atoms with Crippen molar-refractivity contribution in [3.8, 4) is 16.9 Å². The molecule has 0 fully saturated rings. The molecule has 1 N–H and O–H groups in total. The number of rotatable bonds is 3. The van der Waals surface area contributed by atoms with E-state index in [-0.39, 0.29) is 5.56 Å². The zero-order valence-electron chi connectivity index (χ0n) is 9.52. The zero-order valence-corrected chi connectivity index (χ0v) is 9.52. The third-order valence-corrected chi connectivity index (χ3v) is 2.58. The highest BCUT2D eigenvalue weighted by Crippen LogP contribution is 2.42. The minimum atomic E-state index is -0.958. The molecule has 2 aromatic carbocycles. The van der Waals surface area contributed by atoms with Crippen molar-refractivity contribution in [3.63, 3.8) is 0 Å². The highest BCUT2D eigenvalue weighted by Gasteiger charge is 2.33. The van der Waals surface area contributed by atoms with Crippen molar-refractivity contribution in [2.45, 2.75) is 0 Å². The summed E-state index contributed by atoms with van der Waals surface area (Å²) in [7, 11) is 0. The second-order valence-electron chi connectivity index (χ2n) is 3.71. The number of aromatic hydroxyl groups is 1. The second-order valence-corrected chi connectivity index (χ2v) is 3.71. The lowest BCUT2D eigenvalue weighted by atomic mass is 10.0. The van der Waals surface area contributed by atoms with Crippen molar-refractivity contribution >= 4 is 11.4 Å². The number of nitrogens with zero attached hydrogens (tertiary/aromatic N) is 2. The van der Waals surface area contributed by atoms with Crippen molar-refractivity contribution in [3.05, 3.63) is 62.7 Å². The maximum absolute atomic E-state index is 11.1. The summed E-state index contributed by atoms with van der Waals surface area (Å²) >= 11 is 0. The van der Waals surface area contributed by atoms with Gasteiger partial charge in [0.05, 0.1) is 15.4 Å². The van der Waals surface area contributed by atoms with E-state index in [9.17, 15) is 25.3 Å². The number of nitro groups is 2. The Morgan fingerprint density at radius 1 is 0.842 bits per heavy atom. The lowest BCUT2D eigenvalue weighted by molar-refractivity contribution is -0.422. The molecule has 7 heteroatoms. The van der Waals surface area contributed by atoms with Gasteiger partial charge in [-0.25, -0.2) is 0 Å². The molecule has 0 saturated carbocycles. The molecule has 19 heavy (non-hydrogen) atoms. The molecule has 2 rings (SSSR count). The Morgan fingerprint density at radius 2 is 1.42 bits per heavy atom. The van der Waals surface area contributed by atoms with Crippen LogP contribution in [0, 0.1) is 20.2 Å². The van der Waals surface area contributed by atoms with Gasteiger partial charge in [-0.15, -0.1) is 0 Å². The molecule has 7 nitrogen and oxygen atoms in total. The number of benzene rings is 2. The van der Waals surface area contributed by atoms with Crippen molar-refractivity contribution in [1.29, 1.82) is 0 Å². The van der Waals surface area contributed by atoms with Gasteiger partial charge in [0.2, 0.25) is 5.75 Å². The van der Waals surface area contributed by atoms with Crippen LogP contribution in [0.3, 0.4) is 0 Å². The molecule has 0 saturated heterocycles. The average molecular weight is 260 g/mol. The summed E-state index contributed by atoms with van der Waals surface area (Å²) in [6, 6.07) is 10.6. The molecule has 0 atom stereocenters. The van der Waals surface area contributed by atoms with E-state index in [1.54, 1.807) is 30.3 Å². The van der Waals surface area contributed by atoms with E-state index >= 15 is 0 Å². The predicted octanol–water partition coefficient (Wildman–Crippen LogP) is 2.88. The molecule has 0 spiro atoms. The fourth-order valence-corrected chi connectivity index (χ4v) is 1.78. The molecule has 2 aromatic rings. The van der Waals surface area contributed by atoms with Crippen molar-refractivity contribution in [2.24, 2.45) is 0 Å². The molecule has 96 valence electrons. The normalized spacial score (nSPS) is 10.1. The fraction of sp³-hybridized carbons (Fsp3) is 0. The first-order valence-corrected chi connectivity index (χ1v) is 5.22. The van der Waals surface area contributed by atoms with Gasteiger partial charge < -0.3 is 5.11 Å². The lowest BCUT2D eigenvalue weighted by Gasteiger charge is -2.04. The third-order valence-electron chi connectivity index (χ3n) is 2.58. The van der Waals surface area contributed by atoms with Gasteiger partial charge >= 0.3 is 11.4 Å². The van der Waals surface area contributed by atoms with Gasteiger partial charge in [0.1, 0.15) is 0 Å². The van der Waals surface area contributed by atoms with E-state index in [1.165, 1.54) is 6.07 Å². The molecular formula is C12H8N2O5. The van der Waals surface area contributed by atoms with Crippen LogP contribution in [0.4, 0.5) is 11.4 Å². The first-order valence-electron chi connectivity index (χ1n) is 5.22. The molecule has 0 aliphatic heterocycles. The largest absolute Gasteiger partial charge is 0.502 e. The first-order chi connectivity index (χ1) is 9.02. The van der Waals surface area contributed by atoms with Gasteiger partial charge in [-0.05, 0) is 17.7 Å². The van der Waals surface area contributed by atoms with E-state index in [4.69, 9.17) is 0 Å². The standard InChI is InChI=1S/C12H8N2O5/c15-10-7-6-9(8-4-2-1-3-5-8)11(13(16)17)12(10)14(18)19/h1-7,15H. The van der Waals surface area contributed by atoms with Gasteiger partial charge in [0.15, 0.2) is 0 Å². The molecule has 0 heterocycles. The maximum Gasteiger partial charge on any atom is 0.387 e. The van der Waals surface area contributed by atoms with Crippen LogP contribution < -0.4 is 0 Å². The van der Waals surface area contributed by atoms with E-state index in [0.717, 1.165) is 6.07 Å². The summed E-state index contributed by atoms with van der Waals surface area (Å²) in [5, 5.41) is 31.4. The Hall–Kier alpha value is -2.96. The van der Waals surface area contributed by atoms with Crippen molar-refractivity contribution < 1.29 is 15.0 Å². The summed E-state index contributed by atoms with van der Waals surface area (Å²) < 4.78 is 0. The summed E-state index contributed by atoms with van der Waals surface area (Å²) in [5.74, 6) is -0.726. The number of nitro benzene ring substituents is 2. The fourth-order valence-electron chi connectivity index (χ4n) is 1.78. The SMILES string of the molecule is O=[N+]([O-])c1c(O)ccc(-c2ccccc2)c1[N+](=O)[O-]. The quantitative estimate of drug-likeness (QED) is 0.674. The smallest absolute Gasteiger partial charge is 0.387 e. The lowest BCUT2D eigenvalue weighted by Crippen LogP contribution is -1.99. The molecular weight excluding hydrogens is 252 g/mol. The molecule has 0 aliphatic rings. The van der Waals surface area contributed by atoms with Crippen LogP contribution in [-0.2, 0) is 0 Å². The molecule has 0 amide bonds. The molecule has 0 aliphatic carbocycles. The highest BCUT2D eigenvalue weighted by molar-refractivity contribution is 5.82. The average Bonchev–Trinajstić information content (AvgIpc) is 2.38. The number of hydrogen-bond donors (Lipinski definition) is 1. The minimum Gasteiger partial charge on any atom is -0.502 e. The van der Waals surface area contributed by atoms with Gasteiger partial charge in [-0.2, -0.15) is 0 Å². The van der Waals surface area contributed by atoms with Crippen LogP contribution in [-0.4, -0.2) is 15.0 Å². The number of phenols is 1. The van der Waals surface area contributed by atoms with E-state index in [2.05, 4.69) is 0 Å². The van der Waals surface area contributed by atoms with E-state index < -0.39 is 27.0 Å². The summed E-state index contributed by atoms with van der Waals surface area (Å²) in [5.41, 5.74) is -1.05. The summed E-state index contributed by atoms with van der Waals surface area (Å²) in [6.07, 6.45) is 0. The predicted molar refractivity (Wildman–Crippen MR) is 66.9 cm³/mol. The van der Waals surface area contributed by atoms with Crippen molar-refractivity contribution in [1.82, 2.24) is 0 Å². The molecule has 0 unspecified atom stereocenters. The third kappa shape index (κ3) is 2.21. The van der Waals surface area contributed by atoms with Crippen LogP contribution in [0.1, 0.15) is 0 Å². The van der Waals surface area contributed by atoms with E-state index in [0.29, 0.717) is 5.56 Å². The molecule has 0 aromatic heterocycles. The zero-order chi connectivity index (χ0) is 14.0. The number of phenolic OH excluding ortho intramolecular Hbond substituents is 1. The molecule has 0 bridgehead atoms. The van der Waals surface area contributed by atoms with Crippen LogP contribution in [0.15, 0.2) is 42.5 Å². The minimum absolute atomic E-state index is 0.0927. The number of hydrogen-bond acceptors (Lipinski definition) is 5. The molecule has 0 radical (unpaired) electrons. The highest BCUT2D eigenvalue weighted by atomic mass is 16.6. The van der Waals surface area contributed by atoms with Crippen LogP contribution in [0.5, 0.6) is 5.75 Å². The van der Waals surface area contributed by atoms with Crippen LogP contribution in [0.2, 0.25) is 0 Å². The Balaban J connectivity index is 2.80. The van der Waals surface area contributed by atoms with Crippen LogP contribution in [0.25, 0.3) is 11.1 Å².